The van der Waals surface area contributed by atoms with E-state index in [9.17, 15) is 4.79 Å². The molecule has 0 bridgehead atoms. The van der Waals surface area contributed by atoms with Gasteiger partial charge in [0.15, 0.2) is 0 Å². The molecule has 1 saturated carbocycles. The first-order valence-electron chi connectivity index (χ1n) is 8.83. The summed E-state index contributed by atoms with van der Waals surface area (Å²) in [7, 11) is 1.77. The normalized spacial score (nSPS) is 20.0. The van der Waals surface area contributed by atoms with Gasteiger partial charge in [0.05, 0.1) is 10.7 Å². The second-order valence-corrected chi connectivity index (χ2v) is 8.45. The van der Waals surface area contributed by atoms with Crippen LogP contribution in [-0.4, -0.2) is 37.3 Å². The van der Waals surface area contributed by atoms with Crippen molar-refractivity contribution in [3.8, 4) is 0 Å². The van der Waals surface area contributed by atoms with Crippen LogP contribution in [0.5, 0.6) is 0 Å². The van der Waals surface area contributed by atoms with Crippen molar-refractivity contribution in [1.82, 2.24) is 24.2 Å². The summed E-state index contributed by atoms with van der Waals surface area (Å²) in [6, 6.07) is 0.405. The third kappa shape index (κ3) is 2.95. The van der Waals surface area contributed by atoms with Gasteiger partial charge in [0.2, 0.25) is 0 Å². The summed E-state index contributed by atoms with van der Waals surface area (Å²) in [6.07, 6.45) is 4.42. The largest absolute Gasteiger partial charge is 0.345 e. The number of thiazole rings is 1. The van der Waals surface area contributed by atoms with Gasteiger partial charge in [-0.3, -0.25) is 9.47 Å². The number of aromatic nitrogens is 4. The highest BCUT2D eigenvalue weighted by atomic mass is 32.1. The van der Waals surface area contributed by atoms with Crippen molar-refractivity contribution in [1.29, 1.82) is 0 Å². The first kappa shape index (κ1) is 16.0. The van der Waals surface area contributed by atoms with Gasteiger partial charge >= 0.3 is 5.69 Å². The third-order valence-corrected chi connectivity index (χ3v) is 6.27. The summed E-state index contributed by atoms with van der Waals surface area (Å²) in [5, 5.41) is 5.71. The Morgan fingerprint density at radius 1 is 1.17 bits per heavy atom. The van der Waals surface area contributed by atoms with Crippen LogP contribution in [0.4, 0.5) is 0 Å². The highest BCUT2D eigenvalue weighted by Crippen LogP contribution is 2.37. The number of aryl methyl sites for hydroxylation is 3. The molecule has 3 heterocycles. The standard InChI is InChI=1S/C17H25N5OS/c1-11-15(24-12(2)18-11)10-21-8-6-13(7-9-21)16-19-20(3)17(23)22(16)14-4-5-14/h13-14H,4-10H2,1-3H3. The molecule has 7 heteroatoms. The van der Waals surface area contributed by atoms with Gasteiger partial charge < -0.3 is 0 Å². The van der Waals surface area contributed by atoms with Crippen molar-refractivity contribution in [2.24, 2.45) is 7.05 Å². The van der Waals surface area contributed by atoms with Crippen LogP contribution >= 0.6 is 11.3 Å². The molecule has 1 aliphatic carbocycles. The lowest BCUT2D eigenvalue weighted by molar-refractivity contribution is 0.201. The molecule has 0 aromatic carbocycles. The molecule has 0 amide bonds. The summed E-state index contributed by atoms with van der Waals surface area (Å²) in [5.74, 6) is 1.44. The molecule has 2 aromatic heterocycles. The molecule has 4 rings (SSSR count). The summed E-state index contributed by atoms with van der Waals surface area (Å²) >= 11 is 1.81. The molecule has 1 aliphatic heterocycles. The smallest absolute Gasteiger partial charge is 0.298 e. The molecular weight excluding hydrogens is 322 g/mol. The Balaban J connectivity index is 1.44. The second kappa shape index (κ2) is 6.11. The predicted molar refractivity (Wildman–Crippen MR) is 94.6 cm³/mol. The molecule has 24 heavy (non-hydrogen) atoms. The van der Waals surface area contributed by atoms with E-state index in [1.54, 1.807) is 7.05 Å². The first-order valence-corrected chi connectivity index (χ1v) is 9.65. The van der Waals surface area contributed by atoms with E-state index in [0.717, 1.165) is 56.1 Å². The van der Waals surface area contributed by atoms with Crippen LogP contribution in [0.15, 0.2) is 4.79 Å². The van der Waals surface area contributed by atoms with Gasteiger partial charge in [-0.2, -0.15) is 5.10 Å². The predicted octanol–water partition coefficient (Wildman–Crippen LogP) is 2.37. The molecule has 0 radical (unpaired) electrons. The summed E-state index contributed by atoms with van der Waals surface area (Å²) in [6.45, 7) is 7.31. The van der Waals surface area contributed by atoms with Crippen molar-refractivity contribution in [2.75, 3.05) is 13.1 Å². The summed E-state index contributed by atoms with van der Waals surface area (Å²) in [4.78, 5) is 20.7. The average Bonchev–Trinajstić information content (AvgIpc) is 3.27. The van der Waals surface area contributed by atoms with E-state index < -0.39 is 0 Å². The summed E-state index contributed by atoms with van der Waals surface area (Å²) < 4.78 is 3.49. The quantitative estimate of drug-likeness (QED) is 0.852. The minimum atomic E-state index is 0.0608. The van der Waals surface area contributed by atoms with Gasteiger partial charge in [-0.05, 0) is 52.6 Å². The first-order chi connectivity index (χ1) is 11.5. The van der Waals surface area contributed by atoms with Crippen molar-refractivity contribution in [3.63, 3.8) is 0 Å². The lowest BCUT2D eigenvalue weighted by Crippen LogP contribution is -2.33. The Labute approximate surface area is 146 Å². The second-order valence-electron chi connectivity index (χ2n) is 7.16. The van der Waals surface area contributed by atoms with Gasteiger partial charge in [-0.25, -0.2) is 14.5 Å². The van der Waals surface area contributed by atoms with E-state index >= 15 is 0 Å². The maximum absolute atomic E-state index is 12.3. The lowest BCUT2D eigenvalue weighted by atomic mass is 9.96. The molecule has 1 saturated heterocycles. The lowest BCUT2D eigenvalue weighted by Gasteiger charge is -2.31. The maximum Gasteiger partial charge on any atom is 0.345 e. The van der Waals surface area contributed by atoms with Gasteiger partial charge in [0.1, 0.15) is 5.82 Å². The van der Waals surface area contributed by atoms with Gasteiger partial charge in [-0.1, -0.05) is 0 Å². The Hall–Kier alpha value is -1.47. The van der Waals surface area contributed by atoms with Gasteiger partial charge in [-0.15, -0.1) is 11.3 Å². The maximum atomic E-state index is 12.3. The molecular formula is C17H25N5OS. The monoisotopic (exact) mass is 347 g/mol. The number of hydrogen-bond acceptors (Lipinski definition) is 5. The molecule has 2 aromatic rings. The number of rotatable bonds is 4. The number of nitrogens with zero attached hydrogens (tertiary/aromatic N) is 5. The highest BCUT2D eigenvalue weighted by molar-refractivity contribution is 7.11. The zero-order valence-electron chi connectivity index (χ0n) is 14.7. The fraction of sp³-hybridized carbons (Fsp3) is 0.706. The van der Waals surface area contributed by atoms with E-state index in [1.165, 1.54) is 15.3 Å². The molecule has 0 spiro atoms. The summed E-state index contributed by atoms with van der Waals surface area (Å²) in [5.41, 5.74) is 1.23. The van der Waals surface area contributed by atoms with Gasteiger partial charge in [0, 0.05) is 30.4 Å². The third-order valence-electron chi connectivity index (χ3n) is 5.21. The topological polar surface area (TPSA) is 56.0 Å². The zero-order chi connectivity index (χ0) is 16.8. The van der Waals surface area contributed by atoms with E-state index in [0.29, 0.717) is 12.0 Å². The van der Waals surface area contributed by atoms with Crippen molar-refractivity contribution < 1.29 is 0 Å². The molecule has 2 aliphatic rings. The molecule has 130 valence electrons. The molecule has 0 unspecified atom stereocenters. The van der Waals surface area contributed by atoms with Crippen molar-refractivity contribution >= 4 is 11.3 Å². The Morgan fingerprint density at radius 3 is 2.46 bits per heavy atom. The van der Waals surface area contributed by atoms with Crippen LogP contribution in [0.1, 0.15) is 59.0 Å². The van der Waals surface area contributed by atoms with Crippen molar-refractivity contribution in [3.05, 3.63) is 31.9 Å². The van der Waals surface area contributed by atoms with E-state index in [-0.39, 0.29) is 5.69 Å². The van der Waals surface area contributed by atoms with Crippen LogP contribution in [0.2, 0.25) is 0 Å². The molecule has 6 nitrogen and oxygen atoms in total. The Bertz CT molecular complexity index is 792. The van der Waals surface area contributed by atoms with Crippen LogP contribution in [0.25, 0.3) is 0 Å². The van der Waals surface area contributed by atoms with Crippen LogP contribution in [0, 0.1) is 13.8 Å². The fourth-order valence-electron chi connectivity index (χ4n) is 3.73. The SMILES string of the molecule is Cc1nc(C)c(CN2CCC(c3nn(C)c(=O)n3C3CC3)CC2)s1. The number of piperidine rings is 1. The number of likely N-dealkylation sites (tertiary alicyclic amines) is 1. The molecule has 2 fully saturated rings. The minimum Gasteiger partial charge on any atom is -0.298 e. The molecule has 0 N–H and O–H groups in total. The van der Waals surface area contributed by atoms with Crippen LogP contribution in [0.3, 0.4) is 0 Å². The highest BCUT2D eigenvalue weighted by Gasteiger charge is 2.33. The zero-order valence-corrected chi connectivity index (χ0v) is 15.5. The van der Waals surface area contributed by atoms with E-state index in [4.69, 9.17) is 0 Å². The fourth-order valence-corrected chi connectivity index (χ4v) is 4.71. The molecule has 0 atom stereocenters. The Morgan fingerprint density at radius 2 is 1.88 bits per heavy atom. The van der Waals surface area contributed by atoms with Crippen LogP contribution < -0.4 is 5.69 Å². The van der Waals surface area contributed by atoms with Gasteiger partial charge in [0.25, 0.3) is 0 Å². The van der Waals surface area contributed by atoms with Crippen molar-refractivity contribution in [2.45, 2.75) is 58.0 Å². The average molecular weight is 347 g/mol. The van der Waals surface area contributed by atoms with E-state index in [2.05, 4.69) is 28.8 Å². The number of hydrogen-bond donors (Lipinski definition) is 0. The van der Waals surface area contributed by atoms with Crippen LogP contribution in [-0.2, 0) is 13.6 Å². The minimum absolute atomic E-state index is 0.0608. The Kier molecular flexibility index (Phi) is 4.08. The van der Waals surface area contributed by atoms with E-state index in [1.807, 2.05) is 15.9 Å².